The molecule has 7 rings (SSSR count). The van der Waals surface area contributed by atoms with Gasteiger partial charge in [0, 0.05) is 36.3 Å². The van der Waals surface area contributed by atoms with Crippen LogP contribution in [0.4, 0.5) is 5.69 Å². The Kier molecular flexibility index (Phi) is 7.90. The summed E-state index contributed by atoms with van der Waals surface area (Å²) >= 11 is 13.0. The van der Waals surface area contributed by atoms with E-state index >= 15 is 0 Å². The predicted molar refractivity (Wildman–Crippen MR) is 161 cm³/mol. The van der Waals surface area contributed by atoms with Crippen molar-refractivity contribution in [3.05, 3.63) is 63.6 Å². The lowest BCUT2D eigenvalue weighted by Gasteiger charge is -2.31. The summed E-state index contributed by atoms with van der Waals surface area (Å²) in [6, 6.07) is 8.25. The van der Waals surface area contributed by atoms with Gasteiger partial charge in [0.05, 0.1) is 45.8 Å². The van der Waals surface area contributed by atoms with Crippen LogP contribution in [0, 0.1) is 5.92 Å². The van der Waals surface area contributed by atoms with Crippen LogP contribution in [0.1, 0.15) is 66.3 Å². The maximum absolute atomic E-state index is 13.5. The van der Waals surface area contributed by atoms with Crippen molar-refractivity contribution < 1.29 is 32.0 Å². The molecule has 0 spiro atoms. The topological polar surface area (TPSA) is 141 Å². The standard InChI is InChI=1S/C30H30Cl2N4O7S/c31-22-2-1-3-23(32)26(22)27-21(28(43-34-27)16-4-5-16)15-42-25-13-18-12-20(25)30(38)36(18)17-6-7-24(33-14-17)29(37)35-44(39,40)19-8-10-41-11-9-19/h1-3,6-7,14,16,18-20,25H,4-5,8-13,15H2,(H,35,37)/t18-,20+,25+/m0/s1. The number of anilines is 1. The summed E-state index contributed by atoms with van der Waals surface area (Å²) in [5.41, 5.74) is 2.49. The van der Waals surface area contributed by atoms with E-state index in [0.29, 0.717) is 65.9 Å². The minimum absolute atomic E-state index is 0.0444. The Labute approximate surface area is 264 Å². The van der Waals surface area contributed by atoms with E-state index in [1.165, 1.54) is 12.3 Å². The van der Waals surface area contributed by atoms with Crippen molar-refractivity contribution in [3.63, 3.8) is 0 Å². The minimum atomic E-state index is -3.85. The number of ether oxygens (including phenoxy) is 2. The highest BCUT2D eigenvalue weighted by Gasteiger charge is 2.52. The smallest absolute Gasteiger partial charge is 0.283 e. The Bertz CT molecular complexity index is 1680. The molecular weight excluding hydrogens is 631 g/mol. The number of amides is 2. The normalized spacial score (nSPS) is 23.8. The molecule has 0 unspecified atom stereocenters. The number of halogens is 2. The fourth-order valence-electron chi connectivity index (χ4n) is 6.48. The van der Waals surface area contributed by atoms with E-state index in [2.05, 4.69) is 14.9 Å². The number of sulfonamides is 1. The number of aromatic nitrogens is 2. The van der Waals surface area contributed by atoms with Gasteiger partial charge in [-0.3, -0.25) is 9.59 Å². The lowest BCUT2D eigenvalue weighted by atomic mass is 10.0. The van der Waals surface area contributed by atoms with Crippen molar-refractivity contribution in [1.29, 1.82) is 0 Å². The molecule has 2 amide bonds. The number of fused-ring (bicyclic) bond motifs is 2. The molecule has 232 valence electrons. The van der Waals surface area contributed by atoms with Crippen molar-refractivity contribution >= 4 is 50.7 Å². The second kappa shape index (κ2) is 11.7. The van der Waals surface area contributed by atoms with Crippen LogP contribution >= 0.6 is 23.2 Å². The third-order valence-electron chi connectivity index (χ3n) is 8.91. The van der Waals surface area contributed by atoms with E-state index in [1.54, 1.807) is 29.2 Å². The predicted octanol–water partition coefficient (Wildman–Crippen LogP) is 4.87. The number of piperidine rings is 1. The van der Waals surface area contributed by atoms with Gasteiger partial charge in [0.1, 0.15) is 17.1 Å². The van der Waals surface area contributed by atoms with Gasteiger partial charge < -0.3 is 18.9 Å². The Morgan fingerprint density at radius 1 is 1.07 bits per heavy atom. The molecule has 2 bridgehead atoms. The summed E-state index contributed by atoms with van der Waals surface area (Å²) in [4.78, 5) is 32.0. The zero-order valence-corrected chi connectivity index (χ0v) is 25.9. The van der Waals surface area contributed by atoms with Gasteiger partial charge in [-0.1, -0.05) is 34.4 Å². The first-order valence-corrected chi connectivity index (χ1v) is 17.0. The van der Waals surface area contributed by atoms with Crippen LogP contribution in [-0.2, 0) is 30.9 Å². The van der Waals surface area contributed by atoms with Gasteiger partial charge in [-0.25, -0.2) is 18.1 Å². The number of carbonyl (C=O) groups excluding carboxylic acids is 2. The van der Waals surface area contributed by atoms with Crippen molar-refractivity contribution in [2.45, 2.75) is 68.4 Å². The number of nitrogens with one attached hydrogen (secondary N) is 1. The Morgan fingerprint density at radius 3 is 2.48 bits per heavy atom. The highest BCUT2D eigenvalue weighted by Crippen LogP contribution is 2.47. The number of hydrogen-bond donors (Lipinski definition) is 1. The lowest BCUT2D eigenvalue weighted by Crippen LogP contribution is -2.43. The average molecular weight is 662 g/mol. The number of nitrogens with zero attached hydrogens (tertiary/aromatic N) is 3. The molecule has 14 heteroatoms. The molecule has 2 saturated carbocycles. The third kappa shape index (κ3) is 5.51. The number of carbonyl (C=O) groups is 2. The van der Waals surface area contributed by atoms with E-state index in [4.69, 9.17) is 37.2 Å². The first kappa shape index (κ1) is 29.7. The van der Waals surface area contributed by atoms with Crippen LogP contribution in [0.2, 0.25) is 10.0 Å². The molecule has 11 nitrogen and oxygen atoms in total. The Morgan fingerprint density at radius 2 is 1.82 bits per heavy atom. The van der Waals surface area contributed by atoms with Crippen LogP contribution in [0.15, 0.2) is 41.1 Å². The van der Waals surface area contributed by atoms with Gasteiger partial charge >= 0.3 is 0 Å². The van der Waals surface area contributed by atoms with E-state index < -0.39 is 21.2 Å². The molecule has 4 aliphatic rings. The molecule has 1 aromatic carbocycles. The molecule has 4 fully saturated rings. The van der Waals surface area contributed by atoms with Crippen LogP contribution in [0.5, 0.6) is 0 Å². The zero-order chi connectivity index (χ0) is 30.6. The number of benzene rings is 1. The summed E-state index contributed by atoms with van der Waals surface area (Å²) in [6.45, 7) is 0.895. The third-order valence-corrected chi connectivity index (χ3v) is 11.4. The molecule has 1 N–H and O–H groups in total. The first-order valence-electron chi connectivity index (χ1n) is 14.7. The fourth-order valence-corrected chi connectivity index (χ4v) is 8.40. The second-order valence-corrected chi connectivity index (χ2v) is 14.5. The average Bonchev–Trinajstić information content (AvgIpc) is 3.52. The molecular formula is C30H30Cl2N4O7S. The molecule has 44 heavy (non-hydrogen) atoms. The lowest BCUT2D eigenvalue weighted by molar-refractivity contribution is -0.126. The zero-order valence-electron chi connectivity index (χ0n) is 23.6. The fraction of sp³-hybridized carbons (Fsp3) is 0.467. The van der Waals surface area contributed by atoms with Crippen molar-refractivity contribution in [3.8, 4) is 11.3 Å². The van der Waals surface area contributed by atoms with E-state index in [1.807, 2.05) is 0 Å². The minimum Gasteiger partial charge on any atom is -0.381 e. The van der Waals surface area contributed by atoms with Crippen LogP contribution < -0.4 is 9.62 Å². The molecule has 2 aliphatic heterocycles. The number of hydrogen-bond acceptors (Lipinski definition) is 9. The SMILES string of the molecule is O=C(NS(=O)(=O)C1CCOCC1)c1ccc(N2C(=O)[C@@H]3C[C@H]2C[C@H]3OCc2c(-c3c(Cl)cccc3Cl)noc2C2CC2)cn1. The Balaban J connectivity index is 1.01. The van der Waals surface area contributed by atoms with Gasteiger partial charge in [0.25, 0.3) is 5.91 Å². The van der Waals surface area contributed by atoms with Crippen LogP contribution in [0.3, 0.4) is 0 Å². The van der Waals surface area contributed by atoms with Gasteiger partial charge in [-0.2, -0.15) is 0 Å². The Hall–Kier alpha value is -3.03. The van der Waals surface area contributed by atoms with Crippen LogP contribution in [-0.4, -0.2) is 61.0 Å². The quantitative estimate of drug-likeness (QED) is 0.340. The highest BCUT2D eigenvalue weighted by atomic mass is 35.5. The molecule has 4 heterocycles. The van der Waals surface area contributed by atoms with Gasteiger partial charge in [-0.05, 0) is 62.8 Å². The molecule has 2 aromatic heterocycles. The summed E-state index contributed by atoms with van der Waals surface area (Å²) in [5, 5.41) is 4.58. The summed E-state index contributed by atoms with van der Waals surface area (Å²) in [6.07, 6.45) is 5.11. The first-order chi connectivity index (χ1) is 21.2. The van der Waals surface area contributed by atoms with E-state index in [9.17, 15) is 18.0 Å². The van der Waals surface area contributed by atoms with E-state index in [0.717, 1.165) is 24.2 Å². The summed E-state index contributed by atoms with van der Waals surface area (Å²) in [5.74, 6) is -0.142. The summed E-state index contributed by atoms with van der Waals surface area (Å²) in [7, 11) is -3.85. The van der Waals surface area contributed by atoms with E-state index in [-0.39, 0.29) is 42.2 Å². The van der Waals surface area contributed by atoms with Gasteiger partial charge in [-0.15, -0.1) is 0 Å². The molecule has 2 saturated heterocycles. The van der Waals surface area contributed by atoms with Crippen molar-refractivity contribution in [1.82, 2.24) is 14.9 Å². The maximum atomic E-state index is 13.5. The van der Waals surface area contributed by atoms with Gasteiger partial charge in [0.2, 0.25) is 15.9 Å². The maximum Gasteiger partial charge on any atom is 0.283 e. The van der Waals surface area contributed by atoms with Crippen LogP contribution in [0.25, 0.3) is 11.3 Å². The number of pyridine rings is 1. The number of rotatable bonds is 9. The molecule has 3 atom stereocenters. The summed E-state index contributed by atoms with van der Waals surface area (Å²) < 4.78 is 44.7. The second-order valence-electron chi connectivity index (χ2n) is 11.7. The monoisotopic (exact) mass is 660 g/mol. The molecule has 0 radical (unpaired) electrons. The molecule has 2 aliphatic carbocycles. The molecule has 3 aromatic rings. The highest BCUT2D eigenvalue weighted by molar-refractivity contribution is 7.90. The van der Waals surface area contributed by atoms with Crippen molar-refractivity contribution in [2.24, 2.45) is 5.92 Å². The van der Waals surface area contributed by atoms with Gasteiger partial charge in [0.15, 0.2) is 0 Å². The largest absolute Gasteiger partial charge is 0.381 e. The van der Waals surface area contributed by atoms with Crippen molar-refractivity contribution in [2.75, 3.05) is 18.1 Å².